The molecule has 1 aliphatic heterocycles. The first-order valence-electron chi connectivity index (χ1n) is 12.6. The molecule has 2 unspecified atom stereocenters. The number of aliphatic carboxylic acids is 1. The van der Waals surface area contributed by atoms with Gasteiger partial charge in [-0.3, -0.25) is 14.1 Å². The Morgan fingerprint density at radius 1 is 1.28 bits per heavy atom. The van der Waals surface area contributed by atoms with Gasteiger partial charge in [0, 0.05) is 41.3 Å². The highest BCUT2D eigenvalue weighted by atomic mass is 19.1. The molecular formula is C28H35F2N3O3. The van der Waals surface area contributed by atoms with Crippen LogP contribution in [0, 0.1) is 18.7 Å². The van der Waals surface area contributed by atoms with Crippen molar-refractivity contribution in [1.82, 2.24) is 15.2 Å². The number of nitrogens with zero attached hydrogens (tertiary/aromatic N) is 1. The van der Waals surface area contributed by atoms with Gasteiger partial charge in [-0.15, -0.1) is 0 Å². The molecule has 194 valence electrons. The molecule has 0 spiro atoms. The van der Waals surface area contributed by atoms with Gasteiger partial charge in [0.1, 0.15) is 18.2 Å². The number of halogens is 2. The fourth-order valence-electron chi connectivity index (χ4n) is 5.21. The van der Waals surface area contributed by atoms with Crippen LogP contribution in [0.25, 0.3) is 10.9 Å². The molecule has 4 rings (SSSR count). The summed E-state index contributed by atoms with van der Waals surface area (Å²) in [5, 5.41) is 13.9. The van der Waals surface area contributed by atoms with Crippen LogP contribution >= 0.6 is 0 Å². The number of carboxylic acids is 1. The molecule has 3 atom stereocenters. The maximum atomic E-state index is 15.6. The second-order valence-corrected chi connectivity index (χ2v) is 9.68. The van der Waals surface area contributed by atoms with E-state index in [2.05, 4.69) is 28.2 Å². The highest BCUT2D eigenvalue weighted by molar-refractivity contribution is 5.85. The van der Waals surface area contributed by atoms with E-state index in [1.54, 1.807) is 13.0 Å². The number of carbonyl (C=O) groups is 1. The lowest BCUT2D eigenvalue weighted by molar-refractivity contribution is -0.142. The van der Waals surface area contributed by atoms with Crippen LogP contribution < -0.4 is 10.1 Å². The number of para-hydroxylation sites is 1. The standard InChI is InChI=1S/C28H35F2N3O3/c1-17(28(34)35)16-33-18(2)15-21-20-7-4-5-8-23(20)32-26(21)27(33)25-19(3)24(10-9-22(25)30)36-14-13-31-12-6-11-29/h4-5,7-10,17-18,27,31-32H,6,11-16H2,1-3H3,(H,34,35)/t17?,18-,27?/m1/s1. The SMILES string of the molecule is Cc1c(OCCNCCCF)ccc(F)c1C1c2[nH]c3ccccc3c2C[C@@H](C)N1CC(C)C(=O)O. The Labute approximate surface area is 210 Å². The molecule has 36 heavy (non-hydrogen) atoms. The van der Waals surface area contributed by atoms with Gasteiger partial charge in [0.15, 0.2) is 0 Å². The van der Waals surface area contributed by atoms with E-state index in [1.165, 1.54) is 6.07 Å². The van der Waals surface area contributed by atoms with Crippen LogP contribution in [0.5, 0.6) is 5.75 Å². The first-order valence-corrected chi connectivity index (χ1v) is 12.6. The van der Waals surface area contributed by atoms with Crippen molar-refractivity contribution in [3.8, 4) is 5.75 Å². The molecule has 2 aromatic carbocycles. The van der Waals surface area contributed by atoms with Gasteiger partial charge in [0.2, 0.25) is 0 Å². The van der Waals surface area contributed by atoms with Crippen molar-refractivity contribution in [2.45, 2.75) is 45.7 Å². The van der Waals surface area contributed by atoms with Gasteiger partial charge < -0.3 is 20.1 Å². The predicted octanol–water partition coefficient (Wildman–Crippen LogP) is 5.00. The topological polar surface area (TPSA) is 77.6 Å². The van der Waals surface area contributed by atoms with Crippen molar-refractivity contribution in [3.05, 3.63) is 64.6 Å². The van der Waals surface area contributed by atoms with Gasteiger partial charge in [-0.1, -0.05) is 25.1 Å². The molecule has 1 aliphatic rings. The Balaban J connectivity index is 1.75. The number of nitrogens with one attached hydrogen (secondary N) is 2. The maximum Gasteiger partial charge on any atom is 0.307 e. The zero-order chi connectivity index (χ0) is 25.8. The number of rotatable bonds is 11. The van der Waals surface area contributed by atoms with Gasteiger partial charge in [-0.05, 0) is 62.6 Å². The van der Waals surface area contributed by atoms with Crippen molar-refractivity contribution in [2.24, 2.45) is 5.92 Å². The number of fused-ring (bicyclic) bond motifs is 3. The summed E-state index contributed by atoms with van der Waals surface area (Å²) in [4.78, 5) is 17.4. The summed E-state index contributed by atoms with van der Waals surface area (Å²) < 4.78 is 33.9. The second-order valence-electron chi connectivity index (χ2n) is 9.68. The largest absolute Gasteiger partial charge is 0.492 e. The monoisotopic (exact) mass is 499 g/mol. The predicted molar refractivity (Wildman–Crippen MR) is 137 cm³/mol. The molecule has 0 radical (unpaired) electrons. The van der Waals surface area contributed by atoms with E-state index in [0.29, 0.717) is 49.5 Å². The fraction of sp³-hybridized carbons (Fsp3) is 0.464. The van der Waals surface area contributed by atoms with Crippen LogP contribution in [0.1, 0.15) is 48.7 Å². The molecule has 0 bridgehead atoms. The zero-order valence-electron chi connectivity index (χ0n) is 21.1. The number of aromatic nitrogens is 1. The van der Waals surface area contributed by atoms with Crippen molar-refractivity contribution in [3.63, 3.8) is 0 Å². The summed E-state index contributed by atoms with van der Waals surface area (Å²) in [6, 6.07) is 10.6. The number of alkyl halides is 1. The van der Waals surface area contributed by atoms with E-state index < -0.39 is 17.9 Å². The molecule has 0 amide bonds. The smallest absolute Gasteiger partial charge is 0.307 e. The molecule has 0 fully saturated rings. The number of carboxylic acid groups (broad SMARTS) is 1. The number of ether oxygens (including phenoxy) is 1. The lowest BCUT2D eigenvalue weighted by atomic mass is 9.86. The first kappa shape index (κ1) is 26.1. The van der Waals surface area contributed by atoms with Gasteiger partial charge in [-0.2, -0.15) is 0 Å². The first-order chi connectivity index (χ1) is 17.3. The van der Waals surface area contributed by atoms with Crippen LogP contribution in [0.4, 0.5) is 8.78 Å². The van der Waals surface area contributed by atoms with E-state index in [0.717, 1.165) is 28.6 Å². The Kier molecular flexibility index (Phi) is 8.26. The molecule has 3 N–H and O–H groups in total. The van der Waals surface area contributed by atoms with Crippen LogP contribution in [-0.2, 0) is 11.2 Å². The molecule has 2 heterocycles. The highest BCUT2D eigenvalue weighted by Crippen LogP contribution is 2.44. The van der Waals surface area contributed by atoms with Gasteiger partial charge in [-0.25, -0.2) is 4.39 Å². The molecule has 6 nitrogen and oxygen atoms in total. The number of hydrogen-bond acceptors (Lipinski definition) is 4. The second kappa shape index (κ2) is 11.4. The van der Waals surface area contributed by atoms with E-state index >= 15 is 4.39 Å². The van der Waals surface area contributed by atoms with Crippen molar-refractivity contribution >= 4 is 16.9 Å². The van der Waals surface area contributed by atoms with E-state index in [-0.39, 0.29) is 18.5 Å². The highest BCUT2D eigenvalue weighted by Gasteiger charge is 2.39. The molecule has 1 aromatic heterocycles. The van der Waals surface area contributed by atoms with Crippen molar-refractivity contribution < 1.29 is 23.4 Å². The number of hydrogen-bond donors (Lipinski definition) is 3. The number of H-pyrrole nitrogens is 1. The average Bonchev–Trinajstić information content (AvgIpc) is 3.22. The maximum absolute atomic E-state index is 15.6. The summed E-state index contributed by atoms with van der Waals surface area (Å²) in [5.74, 6) is -1.25. The van der Waals surface area contributed by atoms with E-state index in [1.807, 2.05) is 25.1 Å². The van der Waals surface area contributed by atoms with Crippen LogP contribution in [0.2, 0.25) is 0 Å². The third kappa shape index (κ3) is 5.25. The minimum atomic E-state index is -0.877. The molecular weight excluding hydrogens is 464 g/mol. The number of aromatic amines is 1. The zero-order valence-corrected chi connectivity index (χ0v) is 21.1. The molecule has 3 aromatic rings. The van der Waals surface area contributed by atoms with E-state index in [9.17, 15) is 14.3 Å². The Bertz CT molecular complexity index is 1210. The van der Waals surface area contributed by atoms with Crippen LogP contribution in [0.3, 0.4) is 0 Å². The van der Waals surface area contributed by atoms with Crippen LogP contribution in [-0.4, -0.2) is 59.9 Å². The van der Waals surface area contributed by atoms with Crippen LogP contribution in [0.15, 0.2) is 36.4 Å². The minimum absolute atomic E-state index is 0.00610. The van der Waals surface area contributed by atoms with Crippen molar-refractivity contribution in [2.75, 3.05) is 32.9 Å². The Hall–Kier alpha value is -2.97. The Morgan fingerprint density at radius 3 is 2.81 bits per heavy atom. The average molecular weight is 500 g/mol. The summed E-state index contributed by atoms with van der Waals surface area (Å²) in [6.45, 7) is 7.05. The molecule has 0 saturated heterocycles. The normalized spacial score (nSPS) is 18.8. The summed E-state index contributed by atoms with van der Waals surface area (Å²) >= 11 is 0. The van der Waals surface area contributed by atoms with Gasteiger partial charge in [0.25, 0.3) is 0 Å². The molecule has 0 saturated carbocycles. The number of benzene rings is 2. The summed E-state index contributed by atoms with van der Waals surface area (Å²) in [5.41, 5.74) is 4.21. The molecule has 0 aliphatic carbocycles. The third-order valence-corrected chi connectivity index (χ3v) is 7.13. The van der Waals surface area contributed by atoms with Crippen molar-refractivity contribution in [1.29, 1.82) is 0 Å². The lowest BCUT2D eigenvalue weighted by Gasteiger charge is -2.42. The summed E-state index contributed by atoms with van der Waals surface area (Å²) in [6.07, 6.45) is 1.20. The van der Waals surface area contributed by atoms with E-state index in [4.69, 9.17) is 4.74 Å². The summed E-state index contributed by atoms with van der Waals surface area (Å²) in [7, 11) is 0. The third-order valence-electron chi connectivity index (χ3n) is 7.13. The quantitative estimate of drug-likeness (QED) is 0.324. The Morgan fingerprint density at radius 2 is 2.06 bits per heavy atom. The van der Waals surface area contributed by atoms with Gasteiger partial charge >= 0.3 is 5.97 Å². The van der Waals surface area contributed by atoms with Gasteiger partial charge in [0.05, 0.1) is 18.6 Å². The molecule has 8 heteroatoms. The fourth-order valence-corrected chi connectivity index (χ4v) is 5.21. The minimum Gasteiger partial charge on any atom is -0.492 e. The lowest BCUT2D eigenvalue weighted by Crippen LogP contribution is -2.46.